The summed E-state index contributed by atoms with van der Waals surface area (Å²) in [5, 5.41) is 0. The molecule has 6 unspecified atom stereocenters. The van der Waals surface area contributed by atoms with E-state index in [1.54, 1.807) is 103 Å². The summed E-state index contributed by atoms with van der Waals surface area (Å²) in [6.45, 7) is 9.57. The van der Waals surface area contributed by atoms with Crippen molar-refractivity contribution in [2.45, 2.75) is 49.2 Å². The molecule has 9 nitrogen and oxygen atoms in total. The summed E-state index contributed by atoms with van der Waals surface area (Å²) in [7, 11) is 0. The molecular formula is C36H39NO8S2. The molecule has 3 aromatic carbocycles. The van der Waals surface area contributed by atoms with Crippen LogP contribution in [0.25, 0.3) is 0 Å². The van der Waals surface area contributed by atoms with Crippen LogP contribution in [0.4, 0.5) is 0 Å². The van der Waals surface area contributed by atoms with Gasteiger partial charge in [-0.25, -0.2) is 14.4 Å². The van der Waals surface area contributed by atoms with Crippen molar-refractivity contribution in [3.05, 3.63) is 133 Å². The molecule has 0 spiro atoms. The Bertz CT molecular complexity index is 1470. The van der Waals surface area contributed by atoms with Gasteiger partial charge in [-0.15, -0.1) is 29.6 Å². The number of thioether (sulfide) groups is 1. The minimum Gasteiger partial charge on any atom is -0.598 e. The summed E-state index contributed by atoms with van der Waals surface area (Å²) in [4.78, 5) is 40.9. The van der Waals surface area contributed by atoms with Crippen molar-refractivity contribution in [3.63, 3.8) is 0 Å². The highest BCUT2D eigenvalue weighted by Crippen LogP contribution is 2.38. The Morgan fingerprint density at radius 1 is 0.830 bits per heavy atom. The van der Waals surface area contributed by atoms with Gasteiger partial charge in [-0.1, -0.05) is 73.7 Å². The smallest absolute Gasteiger partial charge is 0.338 e. The van der Waals surface area contributed by atoms with E-state index >= 15 is 0 Å². The second-order valence-corrected chi connectivity index (χ2v) is 13.2. The van der Waals surface area contributed by atoms with E-state index in [1.165, 1.54) is 18.0 Å². The highest BCUT2D eigenvalue weighted by Gasteiger charge is 2.55. The number of ether oxygens (including phenoxy) is 4. The number of benzene rings is 3. The molecule has 1 N–H and O–H groups in total. The lowest BCUT2D eigenvalue weighted by Crippen LogP contribution is -2.66. The predicted molar refractivity (Wildman–Crippen MR) is 183 cm³/mol. The first-order valence-electron chi connectivity index (χ1n) is 15.1. The lowest BCUT2D eigenvalue weighted by Gasteiger charge is -2.47. The van der Waals surface area contributed by atoms with Gasteiger partial charge in [-0.2, -0.15) is 0 Å². The molecule has 1 aliphatic rings. The zero-order valence-electron chi connectivity index (χ0n) is 26.3. The molecule has 1 saturated heterocycles. The van der Waals surface area contributed by atoms with Gasteiger partial charge < -0.3 is 23.5 Å². The molecule has 3 aromatic rings. The van der Waals surface area contributed by atoms with E-state index < -0.39 is 65.2 Å². The van der Waals surface area contributed by atoms with E-state index in [2.05, 4.69) is 17.9 Å². The van der Waals surface area contributed by atoms with Crippen molar-refractivity contribution in [2.24, 2.45) is 5.92 Å². The Balaban J connectivity index is 1.85. The molecule has 11 heteroatoms. The summed E-state index contributed by atoms with van der Waals surface area (Å²) in [5.41, 5.74) is -0.118. The first kappa shape index (κ1) is 36.0. The van der Waals surface area contributed by atoms with E-state index in [0.29, 0.717) is 12.2 Å². The van der Waals surface area contributed by atoms with Gasteiger partial charge in [0.15, 0.2) is 18.3 Å². The lowest BCUT2D eigenvalue weighted by molar-refractivity contribution is -0.207. The van der Waals surface area contributed by atoms with E-state index in [9.17, 15) is 18.9 Å². The molecule has 1 fully saturated rings. The van der Waals surface area contributed by atoms with E-state index in [1.807, 2.05) is 6.92 Å². The number of nitrogens with one attached hydrogen (secondary N) is 1. The molecule has 4 rings (SSSR count). The average molecular weight is 678 g/mol. The highest BCUT2D eigenvalue weighted by atomic mass is 32.2. The van der Waals surface area contributed by atoms with Gasteiger partial charge >= 0.3 is 17.9 Å². The van der Waals surface area contributed by atoms with Crippen molar-refractivity contribution in [1.82, 2.24) is 4.72 Å². The van der Waals surface area contributed by atoms with Gasteiger partial charge in [0.2, 0.25) is 0 Å². The number of rotatable bonds is 15. The normalized spacial score (nSPS) is 22.6. The van der Waals surface area contributed by atoms with Crippen LogP contribution in [0.1, 0.15) is 44.4 Å². The summed E-state index contributed by atoms with van der Waals surface area (Å²) in [6, 6.07) is 24.3. The van der Waals surface area contributed by atoms with E-state index in [0.717, 1.165) is 0 Å². The molecule has 47 heavy (non-hydrogen) atoms. The van der Waals surface area contributed by atoms with E-state index in [4.69, 9.17) is 18.9 Å². The van der Waals surface area contributed by atoms with Crippen LogP contribution in [0.15, 0.2) is 116 Å². The third-order valence-corrected chi connectivity index (χ3v) is 9.27. The molecule has 0 saturated carbocycles. The van der Waals surface area contributed by atoms with Crippen molar-refractivity contribution in [2.75, 3.05) is 12.0 Å². The topological polar surface area (TPSA) is 123 Å². The minimum atomic E-state index is -1.53. The molecule has 0 aliphatic carbocycles. The second-order valence-electron chi connectivity index (χ2n) is 10.8. The van der Waals surface area contributed by atoms with Crippen LogP contribution in [0.2, 0.25) is 0 Å². The number of carbonyl (C=O) groups excluding carboxylic acids is 3. The molecule has 0 radical (unpaired) electrons. The fraction of sp³-hybridized carbons (Fsp3) is 0.306. The molecule has 1 aliphatic heterocycles. The highest BCUT2D eigenvalue weighted by molar-refractivity contribution is 7.99. The first-order chi connectivity index (χ1) is 22.7. The summed E-state index contributed by atoms with van der Waals surface area (Å²) >= 11 is -0.188. The fourth-order valence-corrected chi connectivity index (χ4v) is 6.90. The van der Waals surface area contributed by atoms with Crippen LogP contribution in [0, 0.1) is 5.92 Å². The Kier molecular flexibility index (Phi) is 13.7. The monoisotopic (exact) mass is 677 g/mol. The Morgan fingerprint density at radius 2 is 1.28 bits per heavy atom. The van der Waals surface area contributed by atoms with Crippen LogP contribution < -0.4 is 4.72 Å². The summed E-state index contributed by atoms with van der Waals surface area (Å²) in [5.74, 6) is -1.92. The molecule has 0 aromatic heterocycles. The number of allylic oxidation sites excluding steroid dienone is 1. The quantitative estimate of drug-likeness (QED) is 0.0697. The molecular weight excluding hydrogens is 639 g/mol. The van der Waals surface area contributed by atoms with Gasteiger partial charge in [-0.05, 0) is 54.5 Å². The van der Waals surface area contributed by atoms with Crippen LogP contribution in [0.5, 0.6) is 0 Å². The number of hydrogen-bond donors (Lipinski definition) is 1. The average Bonchev–Trinajstić information content (AvgIpc) is 3.10. The number of hydrogen-bond acceptors (Lipinski definition) is 10. The maximum absolute atomic E-state index is 13.7. The molecule has 248 valence electrons. The fourth-order valence-electron chi connectivity index (χ4n) is 5.03. The van der Waals surface area contributed by atoms with Crippen LogP contribution in [-0.4, -0.2) is 70.4 Å². The minimum absolute atomic E-state index is 0.247. The third-order valence-electron chi connectivity index (χ3n) is 7.49. The number of carbonyl (C=O) groups is 3. The predicted octanol–water partition coefficient (Wildman–Crippen LogP) is 5.77. The largest absolute Gasteiger partial charge is 0.598 e. The van der Waals surface area contributed by atoms with Gasteiger partial charge in [0, 0.05) is 11.4 Å². The first-order valence-corrected chi connectivity index (χ1v) is 17.7. The van der Waals surface area contributed by atoms with Gasteiger partial charge in [0.25, 0.3) is 0 Å². The standard InChI is InChI=1S/C36H39NO8S2/c1-5-7-23-46-36-32(44-35(40)27-21-15-10-16-22-27)31(43-34(39)26-19-13-9-14-20-26)30(42-33(38)25-17-11-8-12-18-25)29(45-36)28(24(3)6-2)37-47(4)41/h5-6,8-22,24,28-32,36-37H,1-2,7,23H2,3-4H3/t24-,28-,29?,30?,31?,32?,36?,47?/m1/s1. The van der Waals surface area contributed by atoms with Crippen LogP contribution >= 0.6 is 11.8 Å². The number of esters is 3. The molecule has 0 amide bonds. The Morgan fingerprint density at radius 3 is 1.70 bits per heavy atom. The van der Waals surface area contributed by atoms with Crippen molar-refractivity contribution < 1.29 is 37.9 Å². The van der Waals surface area contributed by atoms with Crippen LogP contribution in [0.3, 0.4) is 0 Å². The zero-order chi connectivity index (χ0) is 33.8. The summed E-state index contributed by atoms with van der Waals surface area (Å²) < 4.78 is 40.7. The van der Waals surface area contributed by atoms with Crippen molar-refractivity contribution >= 4 is 41.0 Å². The second kappa shape index (κ2) is 17.9. The van der Waals surface area contributed by atoms with E-state index in [-0.39, 0.29) is 22.6 Å². The van der Waals surface area contributed by atoms with Gasteiger partial charge in [-0.3, -0.25) is 0 Å². The molecule has 0 bridgehead atoms. The molecule has 1 heterocycles. The Hall–Kier alpha value is -3.87. The lowest BCUT2D eigenvalue weighted by atomic mass is 9.88. The summed E-state index contributed by atoms with van der Waals surface area (Å²) in [6.07, 6.45) is 0.598. The third kappa shape index (κ3) is 9.82. The van der Waals surface area contributed by atoms with Crippen LogP contribution in [-0.2, 0) is 30.3 Å². The van der Waals surface area contributed by atoms with Gasteiger partial charge in [0.05, 0.1) is 22.7 Å². The Labute approximate surface area is 283 Å². The maximum Gasteiger partial charge on any atom is 0.338 e. The van der Waals surface area contributed by atoms with Crippen molar-refractivity contribution in [1.29, 1.82) is 0 Å². The SMILES string of the molecule is C=CCCSC1OC([C@H](N[S+](C)[O-])[C@H](C)C=C)C(OC(=O)c2ccccc2)C(OC(=O)c2ccccc2)C1OC(=O)c1ccccc1. The van der Waals surface area contributed by atoms with Crippen molar-refractivity contribution in [3.8, 4) is 0 Å². The maximum atomic E-state index is 13.7. The molecule has 8 atom stereocenters. The van der Waals surface area contributed by atoms with Gasteiger partial charge in [0.1, 0.15) is 17.8 Å². The zero-order valence-corrected chi connectivity index (χ0v) is 27.9.